The van der Waals surface area contributed by atoms with Crippen LogP contribution in [0, 0.1) is 6.92 Å². The molecule has 0 atom stereocenters. The Morgan fingerprint density at radius 2 is 1.78 bits per heavy atom. The van der Waals surface area contributed by atoms with Gasteiger partial charge in [-0.1, -0.05) is 35.6 Å². The molecule has 2 N–H and O–H groups in total. The zero-order valence-electron chi connectivity index (χ0n) is 17.5. The van der Waals surface area contributed by atoms with E-state index in [2.05, 4.69) is 10.0 Å². The van der Waals surface area contributed by atoms with Gasteiger partial charge in [-0.3, -0.25) is 18.9 Å². The molecule has 0 aliphatic carbocycles. The quantitative estimate of drug-likeness (QED) is 0.438. The molecule has 0 aliphatic rings. The summed E-state index contributed by atoms with van der Waals surface area (Å²) in [6.07, 6.45) is 0. The van der Waals surface area contributed by atoms with Crippen LogP contribution >= 0.6 is 11.3 Å². The van der Waals surface area contributed by atoms with Crippen LogP contribution in [0.3, 0.4) is 0 Å². The maximum Gasteiger partial charge on any atom is 0.308 e. The molecule has 0 radical (unpaired) electrons. The zero-order valence-corrected chi connectivity index (χ0v) is 19.1. The minimum atomic E-state index is -3.78. The Balaban J connectivity index is 1.58. The van der Waals surface area contributed by atoms with E-state index in [9.17, 15) is 18.0 Å². The largest absolute Gasteiger partial charge is 0.322 e. The Morgan fingerprint density at radius 3 is 2.50 bits per heavy atom. The van der Waals surface area contributed by atoms with Gasteiger partial charge in [-0.2, -0.15) is 0 Å². The number of hydrogen-bond donors (Lipinski definition) is 2. The summed E-state index contributed by atoms with van der Waals surface area (Å²) in [5.41, 5.74) is 2.71. The summed E-state index contributed by atoms with van der Waals surface area (Å²) in [5, 5.41) is 2.82. The number of benzene rings is 3. The first-order valence-electron chi connectivity index (χ1n) is 9.92. The number of anilines is 2. The van der Waals surface area contributed by atoms with Crippen molar-refractivity contribution in [3.05, 3.63) is 87.5 Å². The summed E-state index contributed by atoms with van der Waals surface area (Å²) in [6.45, 7) is 4.25. The number of thiazole rings is 1. The first-order valence-corrected chi connectivity index (χ1v) is 12.2. The van der Waals surface area contributed by atoms with Crippen LogP contribution in [0.2, 0.25) is 0 Å². The first-order chi connectivity index (χ1) is 15.3. The van der Waals surface area contributed by atoms with Crippen LogP contribution < -0.4 is 14.9 Å². The Hall–Kier alpha value is -3.43. The van der Waals surface area contributed by atoms with Crippen LogP contribution in [0.15, 0.2) is 76.4 Å². The van der Waals surface area contributed by atoms with E-state index in [0.29, 0.717) is 29.0 Å². The number of amides is 1. The van der Waals surface area contributed by atoms with E-state index in [-0.39, 0.29) is 15.7 Å². The van der Waals surface area contributed by atoms with Gasteiger partial charge in [-0.15, -0.1) is 0 Å². The molecular weight excluding hydrogens is 446 g/mol. The number of carbonyl (C=O) groups is 1. The second-order valence-electron chi connectivity index (χ2n) is 7.20. The van der Waals surface area contributed by atoms with Gasteiger partial charge in [0.25, 0.3) is 15.9 Å². The van der Waals surface area contributed by atoms with Crippen LogP contribution in [0.1, 0.15) is 22.8 Å². The predicted molar refractivity (Wildman–Crippen MR) is 128 cm³/mol. The highest BCUT2D eigenvalue weighted by Crippen LogP contribution is 2.24. The molecule has 164 valence electrons. The van der Waals surface area contributed by atoms with Gasteiger partial charge in [0.2, 0.25) is 0 Å². The van der Waals surface area contributed by atoms with Crippen LogP contribution in [-0.4, -0.2) is 18.9 Å². The molecule has 1 aromatic heterocycles. The molecule has 9 heteroatoms. The fourth-order valence-electron chi connectivity index (χ4n) is 3.32. The number of sulfonamides is 1. The predicted octanol–water partition coefficient (Wildman–Crippen LogP) is 4.44. The average molecular weight is 468 g/mol. The molecule has 0 spiro atoms. The molecule has 4 aromatic rings. The number of aromatic nitrogens is 1. The van der Waals surface area contributed by atoms with Crippen molar-refractivity contribution >= 4 is 48.9 Å². The zero-order chi connectivity index (χ0) is 22.9. The van der Waals surface area contributed by atoms with E-state index >= 15 is 0 Å². The van der Waals surface area contributed by atoms with Crippen LogP contribution in [-0.2, 0) is 16.6 Å². The van der Waals surface area contributed by atoms with Crippen molar-refractivity contribution in [3.8, 4) is 0 Å². The molecule has 1 amide bonds. The molecular formula is C23H21N3O4S2. The van der Waals surface area contributed by atoms with Crippen molar-refractivity contribution in [2.24, 2.45) is 0 Å². The average Bonchev–Trinajstić information content (AvgIpc) is 3.09. The molecule has 0 unspecified atom stereocenters. The maximum atomic E-state index is 12.8. The Bertz CT molecular complexity index is 1470. The number of carbonyl (C=O) groups excluding carboxylic acids is 1. The van der Waals surface area contributed by atoms with Gasteiger partial charge in [0.1, 0.15) is 0 Å². The SMILES string of the molecule is CCn1c(=O)sc2cc(NC(=O)c3ccc(C)c(NS(=O)(=O)c4ccccc4)c3)ccc21. The minimum Gasteiger partial charge on any atom is -0.322 e. The molecule has 0 fully saturated rings. The van der Waals surface area contributed by atoms with Crippen molar-refractivity contribution < 1.29 is 13.2 Å². The van der Waals surface area contributed by atoms with Gasteiger partial charge in [-0.05, 0) is 61.9 Å². The molecule has 3 aromatic carbocycles. The van der Waals surface area contributed by atoms with Crippen LogP contribution in [0.5, 0.6) is 0 Å². The second-order valence-corrected chi connectivity index (χ2v) is 9.87. The molecule has 32 heavy (non-hydrogen) atoms. The fraction of sp³-hybridized carbons (Fsp3) is 0.130. The van der Waals surface area contributed by atoms with Crippen molar-refractivity contribution in [2.45, 2.75) is 25.3 Å². The molecule has 7 nitrogen and oxygen atoms in total. The maximum absolute atomic E-state index is 12.8. The summed E-state index contributed by atoms with van der Waals surface area (Å²) in [4.78, 5) is 25.0. The molecule has 0 saturated heterocycles. The lowest BCUT2D eigenvalue weighted by molar-refractivity contribution is 0.102. The topological polar surface area (TPSA) is 97.3 Å². The van der Waals surface area contributed by atoms with Crippen molar-refractivity contribution in [3.63, 3.8) is 0 Å². The monoisotopic (exact) mass is 467 g/mol. The Kier molecular flexibility index (Phi) is 5.86. The van der Waals surface area contributed by atoms with E-state index in [4.69, 9.17) is 0 Å². The summed E-state index contributed by atoms with van der Waals surface area (Å²) in [6, 6.07) is 18.2. The lowest BCUT2D eigenvalue weighted by Gasteiger charge is -2.13. The number of hydrogen-bond acceptors (Lipinski definition) is 5. The molecule has 1 heterocycles. The van der Waals surface area contributed by atoms with Gasteiger partial charge in [-0.25, -0.2) is 8.42 Å². The number of aryl methyl sites for hydroxylation is 2. The molecule has 0 bridgehead atoms. The van der Waals surface area contributed by atoms with E-state index in [1.165, 1.54) is 18.2 Å². The Morgan fingerprint density at radius 1 is 1.03 bits per heavy atom. The van der Waals surface area contributed by atoms with E-state index in [0.717, 1.165) is 21.6 Å². The highest BCUT2D eigenvalue weighted by Gasteiger charge is 2.17. The summed E-state index contributed by atoms with van der Waals surface area (Å²) in [7, 11) is -3.78. The van der Waals surface area contributed by atoms with E-state index in [1.54, 1.807) is 60.0 Å². The number of fused-ring (bicyclic) bond motifs is 1. The minimum absolute atomic E-state index is 0.0418. The molecule has 4 rings (SSSR count). The molecule has 0 aliphatic heterocycles. The number of nitrogens with one attached hydrogen (secondary N) is 2. The van der Waals surface area contributed by atoms with Gasteiger partial charge < -0.3 is 5.32 Å². The fourth-order valence-corrected chi connectivity index (χ4v) is 5.46. The van der Waals surface area contributed by atoms with E-state index < -0.39 is 10.0 Å². The lowest BCUT2D eigenvalue weighted by atomic mass is 10.1. The molecule has 0 saturated carbocycles. The second kappa shape index (κ2) is 8.60. The smallest absolute Gasteiger partial charge is 0.308 e. The van der Waals surface area contributed by atoms with Crippen molar-refractivity contribution in [2.75, 3.05) is 10.0 Å². The van der Waals surface area contributed by atoms with Gasteiger partial charge in [0.15, 0.2) is 0 Å². The third-order valence-corrected chi connectivity index (χ3v) is 7.36. The summed E-state index contributed by atoms with van der Waals surface area (Å²) >= 11 is 1.13. The van der Waals surface area contributed by atoms with Crippen molar-refractivity contribution in [1.82, 2.24) is 4.57 Å². The highest BCUT2D eigenvalue weighted by atomic mass is 32.2. The normalized spacial score (nSPS) is 11.4. The standard InChI is InChI=1S/C23H21N3O4S2/c1-3-26-20-12-11-17(14-21(20)31-23(26)28)24-22(27)16-10-9-15(2)19(13-16)25-32(29,30)18-7-5-4-6-8-18/h4-14,25H,3H2,1-2H3,(H,24,27). The van der Waals surface area contributed by atoms with Crippen LogP contribution in [0.25, 0.3) is 10.2 Å². The lowest BCUT2D eigenvalue weighted by Crippen LogP contribution is -2.16. The number of nitrogens with zero attached hydrogens (tertiary/aromatic N) is 1. The number of rotatable bonds is 6. The van der Waals surface area contributed by atoms with Crippen LogP contribution in [0.4, 0.5) is 11.4 Å². The van der Waals surface area contributed by atoms with E-state index in [1.807, 2.05) is 6.92 Å². The summed E-state index contributed by atoms with van der Waals surface area (Å²) in [5.74, 6) is -0.383. The first kappa shape index (κ1) is 21.8. The third-order valence-electron chi connectivity index (χ3n) is 5.04. The Labute approximate surface area is 189 Å². The van der Waals surface area contributed by atoms with Gasteiger partial charge >= 0.3 is 4.87 Å². The van der Waals surface area contributed by atoms with Gasteiger partial charge in [0, 0.05) is 17.8 Å². The third kappa shape index (κ3) is 4.30. The highest BCUT2D eigenvalue weighted by molar-refractivity contribution is 7.92. The summed E-state index contributed by atoms with van der Waals surface area (Å²) < 4.78 is 30.4. The van der Waals surface area contributed by atoms with Gasteiger partial charge in [0.05, 0.1) is 20.8 Å². The van der Waals surface area contributed by atoms with Crippen molar-refractivity contribution in [1.29, 1.82) is 0 Å².